The Morgan fingerprint density at radius 1 is 1.05 bits per heavy atom. The number of benzene rings is 1. The van der Waals surface area contributed by atoms with E-state index < -0.39 is 0 Å². The van der Waals surface area contributed by atoms with Gasteiger partial charge in [-0.2, -0.15) is 0 Å². The molecule has 0 aliphatic heterocycles. The largest absolute Gasteiger partial charge is 0.493 e. The van der Waals surface area contributed by atoms with E-state index in [4.69, 9.17) is 14.2 Å². The van der Waals surface area contributed by atoms with Crippen LogP contribution in [0, 0.1) is 0 Å². The molecule has 1 aromatic heterocycles. The second kappa shape index (κ2) is 6.27. The molecule has 0 amide bonds. The third kappa shape index (κ3) is 2.41. The molecule has 0 unspecified atom stereocenters. The van der Waals surface area contributed by atoms with Crippen molar-refractivity contribution < 1.29 is 14.2 Å². The first kappa shape index (κ1) is 14.2. The normalized spacial score (nSPS) is 10.4. The van der Waals surface area contributed by atoms with Crippen LogP contribution in [0.3, 0.4) is 0 Å². The van der Waals surface area contributed by atoms with E-state index in [0.29, 0.717) is 22.8 Å². The maximum Gasteiger partial charge on any atom is 0.205 e. The molecule has 0 saturated carbocycles. The average molecular weight is 277 g/mol. The molecular weight excluding hydrogens is 258 g/mol. The first-order valence-corrected chi connectivity index (χ1v) is 6.44. The van der Waals surface area contributed by atoms with Gasteiger partial charge in [-0.3, -0.25) is 0 Å². The van der Waals surface area contributed by atoms with Crippen LogP contribution in [0.25, 0.3) is 10.9 Å². The Kier molecular flexibility index (Phi) is 4.45. The molecule has 0 atom stereocenters. The molecule has 0 radical (unpaired) electrons. The fraction of sp³-hybridized carbons (Fsp3) is 0.429. The summed E-state index contributed by atoms with van der Waals surface area (Å²) in [7, 11) is 4.74. The minimum atomic E-state index is 0.530. The van der Waals surface area contributed by atoms with Gasteiger partial charge < -0.3 is 19.5 Å². The minimum absolute atomic E-state index is 0.530. The van der Waals surface area contributed by atoms with Crippen LogP contribution >= 0.6 is 0 Å². The first-order valence-electron chi connectivity index (χ1n) is 6.44. The molecule has 108 valence electrons. The number of methoxy groups -OCH3 is 3. The molecule has 0 fully saturated rings. The van der Waals surface area contributed by atoms with Gasteiger partial charge in [0.05, 0.1) is 26.7 Å². The molecule has 20 heavy (non-hydrogen) atoms. The number of anilines is 1. The van der Waals surface area contributed by atoms with Crippen molar-refractivity contribution in [2.24, 2.45) is 0 Å². The molecule has 0 aliphatic carbocycles. The highest BCUT2D eigenvalue weighted by atomic mass is 16.5. The fourth-order valence-corrected chi connectivity index (χ4v) is 2.05. The molecule has 6 heteroatoms. The number of aromatic nitrogens is 2. The van der Waals surface area contributed by atoms with Crippen molar-refractivity contribution in [1.82, 2.24) is 9.97 Å². The third-order valence-corrected chi connectivity index (χ3v) is 2.98. The number of nitrogens with zero attached hydrogens (tertiary/aromatic N) is 2. The molecule has 0 saturated heterocycles. The van der Waals surface area contributed by atoms with Gasteiger partial charge in [-0.1, -0.05) is 6.92 Å². The van der Waals surface area contributed by atoms with Gasteiger partial charge in [-0.15, -0.1) is 0 Å². The van der Waals surface area contributed by atoms with E-state index in [9.17, 15) is 0 Å². The summed E-state index contributed by atoms with van der Waals surface area (Å²) >= 11 is 0. The van der Waals surface area contributed by atoms with E-state index in [0.717, 1.165) is 24.2 Å². The number of hydrogen-bond donors (Lipinski definition) is 1. The first-order chi connectivity index (χ1) is 9.76. The van der Waals surface area contributed by atoms with Crippen LogP contribution in [0.5, 0.6) is 17.2 Å². The molecule has 6 nitrogen and oxygen atoms in total. The van der Waals surface area contributed by atoms with Crippen LogP contribution in [0.15, 0.2) is 12.4 Å². The molecule has 0 aliphatic rings. The van der Waals surface area contributed by atoms with Gasteiger partial charge in [0, 0.05) is 6.54 Å². The Labute approximate surface area is 118 Å². The van der Waals surface area contributed by atoms with E-state index in [1.54, 1.807) is 21.3 Å². The highest BCUT2D eigenvalue weighted by Gasteiger charge is 2.18. The summed E-state index contributed by atoms with van der Waals surface area (Å²) in [6.45, 7) is 2.93. The molecule has 0 spiro atoms. The molecule has 1 heterocycles. The summed E-state index contributed by atoms with van der Waals surface area (Å²) in [4.78, 5) is 8.57. The summed E-state index contributed by atoms with van der Waals surface area (Å²) in [5, 5.41) is 4.12. The van der Waals surface area contributed by atoms with Crippen molar-refractivity contribution in [3.63, 3.8) is 0 Å². The van der Waals surface area contributed by atoms with Crippen LogP contribution in [0.4, 0.5) is 5.82 Å². The lowest BCUT2D eigenvalue weighted by atomic mass is 10.2. The van der Waals surface area contributed by atoms with Gasteiger partial charge in [0.25, 0.3) is 0 Å². The third-order valence-electron chi connectivity index (χ3n) is 2.98. The Balaban J connectivity index is 2.69. The van der Waals surface area contributed by atoms with Crippen molar-refractivity contribution in [2.75, 3.05) is 33.2 Å². The quantitative estimate of drug-likeness (QED) is 0.875. The minimum Gasteiger partial charge on any atom is -0.493 e. The van der Waals surface area contributed by atoms with Crippen molar-refractivity contribution >= 4 is 16.7 Å². The van der Waals surface area contributed by atoms with E-state index in [2.05, 4.69) is 22.2 Å². The Morgan fingerprint density at radius 3 is 2.40 bits per heavy atom. The Hall–Kier alpha value is -2.24. The maximum atomic E-state index is 5.43. The van der Waals surface area contributed by atoms with Crippen LogP contribution < -0.4 is 19.5 Å². The van der Waals surface area contributed by atoms with E-state index in [1.165, 1.54) is 6.33 Å². The Bertz CT molecular complexity index is 602. The van der Waals surface area contributed by atoms with Crippen molar-refractivity contribution in [3.8, 4) is 17.2 Å². The van der Waals surface area contributed by atoms with E-state index in [-0.39, 0.29) is 0 Å². The monoisotopic (exact) mass is 277 g/mol. The van der Waals surface area contributed by atoms with Gasteiger partial charge in [-0.25, -0.2) is 9.97 Å². The topological polar surface area (TPSA) is 65.5 Å². The van der Waals surface area contributed by atoms with Crippen LogP contribution in [0.2, 0.25) is 0 Å². The van der Waals surface area contributed by atoms with E-state index in [1.807, 2.05) is 6.07 Å². The molecule has 2 rings (SSSR count). The highest BCUT2D eigenvalue weighted by molar-refractivity contribution is 5.96. The van der Waals surface area contributed by atoms with Crippen LogP contribution in [-0.2, 0) is 0 Å². The lowest BCUT2D eigenvalue weighted by molar-refractivity contribution is 0.327. The summed E-state index contributed by atoms with van der Waals surface area (Å²) in [6.07, 6.45) is 2.52. The van der Waals surface area contributed by atoms with Crippen LogP contribution in [-0.4, -0.2) is 37.8 Å². The molecule has 1 N–H and O–H groups in total. The van der Waals surface area contributed by atoms with Gasteiger partial charge >= 0.3 is 0 Å². The summed E-state index contributed by atoms with van der Waals surface area (Å²) in [5.41, 5.74) is 0.693. The Morgan fingerprint density at radius 2 is 1.80 bits per heavy atom. The van der Waals surface area contributed by atoms with Gasteiger partial charge in [-0.05, 0) is 12.5 Å². The van der Waals surface area contributed by atoms with Crippen LogP contribution in [0.1, 0.15) is 13.3 Å². The zero-order valence-corrected chi connectivity index (χ0v) is 12.2. The van der Waals surface area contributed by atoms with Crippen molar-refractivity contribution in [1.29, 1.82) is 0 Å². The number of ether oxygens (including phenoxy) is 3. The molecule has 2 aromatic rings. The number of rotatable bonds is 6. The number of nitrogens with one attached hydrogen (secondary N) is 1. The molecule has 1 aromatic carbocycles. The predicted molar refractivity (Wildman–Crippen MR) is 78.0 cm³/mol. The summed E-state index contributed by atoms with van der Waals surface area (Å²) in [5.74, 6) is 2.42. The SMILES string of the molecule is CCCNc1ncnc2c(OC)c(OC)c(OC)cc12. The van der Waals surface area contributed by atoms with Gasteiger partial charge in [0.2, 0.25) is 5.75 Å². The number of hydrogen-bond acceptors (Lipinski definition) is 6. The molecule has 0 bridgehead atoms. The molecular formula is C14H19N3O3. The van der Waals surface area contributed by atoms with Crippen molar-refractivity contribution in [3.05, 3.63) is 12.4 Å². The lowest BCUT2D eigenvalue weighted by Crippen LogP contribution is -2.04. The second-order valence-corrected chi connectivity index (χ2v) is 4.19. The predicted octanol–water partition coefficient (Wildman–Crippen LogP) is 2.48. The van der Waals surface area contributed by atoms with Gasteiger partial charge in [0.1, 0.15) is 17.7 Å². The summed E-state index contributed by atoms with van der Waals surface area (Å²) < 4.78 is 16.1. The zero-order chi connectivity index (χ0) is 14.5. The zero-order valence-electron chi connectivity index (χ0n) is 12.2. The summed E-state index contributed by atoms with van der Waals surface area (Å²) in [6, 6.07) is 1.86. The van der Waals surface area contributed by atoms with E-state index >= 15 is 0 Å². The second-order valence-electron chi connectivity index (χ2n) is 4.19. The average Bonchev–Trinajstić information content (AvgIpc) is 2.50. The van der Waals surface area contributed by atoms with Gasteiger partial charge in [0.15, 0.2) is 11.5 Å². The highest BCUT2D eigenvalue weighted by Crippen LogP contribution is 2.43. The van der Waals surface area contributed by atoms with Crippen molar-refractivity contribution in [2.45, 2.75) is 13.3 Å². The lowest BCUT2D eigenvalue weighted by Gasteiger charge is -2.15. The number of fused-ring (bicyclic) bond motifs is 1. The smallest absolute Gasteiger partial charge is 0.205 e. The standard InChI is InChI=1S/C14H19N3O3/c1-5-6-15-14-9-7-10(18-2)12(19-3)13(20-4)11(9)16-8-17-14/h7-8H,5-6H2,1-4H3,(H,15,16,17). The fourth-order valence-electron chi connectivity index (χ4n) is 2.05. The maximum absolute atomic E-state index is 5.43.